The first kappa shape index (κ1) is 19.2. The summed E-state index contributed by atoms with van der Waals surface area (Å²) < 4.78 is 3.34. The van der Waals surface area contributed by atoms with Crippen molar-refractivity contribution in [2.24, 2.45) is 14.1 Å². The van der Waals surface area contributed by atoms with Crippen molar-refractivity contribution in [1.29, 1.82) is 0 Å². The lowest BCUT2D eigenvalue weighted by Crippen LogP contribution is -2.47. The normalized spacial score (nSPS) is 15.1. The van der Waals surface area contributed by atoms with Crippen LogP contribution in [0.3, 0.4) is 0 Å². The van der Waals surface area contributed by atoms with Crippen LogP contribution in [0.25, 0.3) is 10.9 Å². The fourth-order valence-corrected chi connectivity index (χ4v) is 3.95. The molecule has 0 spiro atoms. The van der Waals surface area contributed by atoms with E-state index in [2.05, 4.69) is 10.00 Å². The van der Waals surface area contributed by atoms with E-state index in [0.717, 1.165) is 31.6 Å². The summed E-state index contributed by atoms with van der Waals surface area (Å²) in [7, 11) is 5.45. The Bertz CT molecular complexity index is 1100. The van der Waals surface area contributed by atoms with Crippen molar-refractivity contribution in [2.45, 2.75) is 25.8 Å². The Morgan fingerprint density at radius 3 is 2.52 bits per heavy atom. The Morgan fingerprint density at radius 1 is 1.17 bits per heavy atom. The average molecular weight is 394 g/mol. The first-order valence-electron chi connectivity index (χ1n) is 9.85. The van der Waals surface area contributed by atoms with Gasteiger partial charge in [0.25, 0.3) is 11.5 Å². The van der Waals surface area contributed by atoms with Gasteiger partial charge in [-0.1, -0.05) is 12.1 Å². The zero-order valence-electron chi connectivity index (χ0n) is 17.3. The van der Waals surface area contributed by atoms with Gasteiger partial charge in [0.05, 0.1) is 10.9 Å². The van der Waals surface area contributed by atoms with Crippen molar-refractivity contribution in [3.05, 3.63) is 52.1 Å². The number of amides is 1. The third-order valence-electron chi connectivity index (χ3n) is 5.91. The number of rotatable bonds is 3. The third-order valence-corrected chi connectivity index (χ3v) is 5.91. The smallest absolute Gasteiger partial charge is 0.274 e. The molecule has 152 valence electrons. The second-order valence-electron chi connectivity index (χ2n) is 7.72. The van der Waals surface area contributed by atoms with Gasteiger partial charge in [-0.25, -0.2) is 4.98 Å². The van der Waals surface area contributed by atoms with Crippen LogP contribution >= 0.6 is 0 Å². The monoisotopic (exact) mass is 394 g/mol. The van der Waals surface area contributed by atoms with Gasteiger partial charge < -0.3 is 9.80 Å². The predicted octanol–water partition coefficient (Wildman–Crippen LogP) is 1.72. The van der Waals surface area contributed by atoms with E-state index in [9.17, 15) is 9.59 Å². The highest BCUT2D eigenvalue weighted by Gasteiger charge is 2.28. The van der Waals surface area contributed by atoms with Crippen LogP contribution in [0.1, 0.15) is 29.0 Å². The molecule has 0 radical (unpaired) electrons. The maximum Gasteiger partial charge on any atom is 0.274 e. The summed E-state index contributed by atoms with van der Waals surface area (Å²) in [6.07, 6.45) is 1.63. The summed E-state index contributed by atoms with van der Waals surface area (Å²) in [5.74, 6) is 0.630. The topological polar surface area (TPSA) is 76.3 Å². The van der Waals surface area contributed by atoms with Gasteiger partial charge in [-0.05, 0) is 38.0 Å². The summed E-state index contributed by atoms with van der Waals surface area (Å²) >= 11 is 0. The first-order chi connectivity index (χ1) is 13.9. The molecule has 1 saturated heterocycles. The minimum absolute atomic E-state index is 0.0365. The van der Waals surface area contributed by atoms with Crippen LogP contribution in [0.15, 0.2) is 35.1 Å². The number of nitrogens with zero attached hydrogens (tertiary/aromatic N) is 6. The van der Waals surface area contributed by atoms with E-state index in [0.29, 0.717) is 22.5 Å². The van der Waals surface area contributed by atoms with Gasteiger partial charge >= 0.3 is 0 Å². The molecule has 1 aliphatic rings. The van der Waals surface area contributed by atoms with Crippen LogP contribution in [0, 0.1) is 6.92 Å². The lowest BCUT2D eigenvalue weighted by Gasteiger charge is -2.37. The number of carbonyl (C=O) groups excluding carboxylic acids is 1. The standard InChI is InChI=1S/C21H26N6O2/c1-14-13-18(23-26(14)4)20(29)24(2)15-9-11-27(12-10-15)21-22-17-8-6-5-7-16(17)19(28)25(21)3/h5-8,13,15H,9-12H2,1-4H3. The molecule has 3 aromatic rings. The molecule has 1 aliphatic heterocycles. The molecule has 8 heteroatoms. The molecule has 0 aliphatic carbocycles. The fraction of sp³-hybridized carbons (Fsp3) is 0.429. The second-order valence-corrected chi connectivity index (χ2v) is 7.72. The van der Waals surface area contributed by atoms with Crippen LogP contribution in [0.2, 0.25) is 0 Å². The van der Waals surface area contributed by atoms with E-state index in [1.807, 2.05) is 45.3 Å². The molecule has 0 unspecified atom stereocenters. The summed E-state index contributed by atoms with van der Waals surface area (Å²) in [6.45, 7) is 3.41. The van der Waals surface area contributed by atoms with Gasteiger partial charge in [0.2, 0.25) is 5.95 Å². The molecule has 2 aromatic heterocycles. The van der Waals surface area contributed by atoms with Crippen molar-refractivity contribution in [3.63, 3.8) is 0 Å². The molecule has 8 nitrogen and oxygen atoms in total. The number of piperidine rings is 1. The van der Waals surface area contributed by atoms with E-state index in [-0.39, 0.29) is 17.5 Å². The van der Waals surface area contributed by atoms with Crippen LogP contribution in [0.4, 0.5) is 5.95 Å². The summed E-state index contributed by atoms with van der Waals surface area (Å²) in [6, 6.07) is 9.38. The fourth-order valence-electron chi connectivity index (χ4n) is 3.95. The SMILES string of the molecule is Cc1cc(C(=O)N(C)C2CCN(c3nc4ccccc4c(=O)n3C)CC2)nn1C. The number of fused-ring (bicyclic) bond motifs is 1. The van der Waals surface area contributed by atoms with Gasteiger partial charge in [-0.2, -0.15) is 5.10 Å². The van der Waals surface area contributed by atoms with Crippen molar-refractivity contribution in [2.75, 3.05) is 25.0 Å². The zero-order chi connectivity index (χ0) is 20.7. The molecule has 0 atom stereocenters. The van der Waals surface area contributed by atoms with Crippen molar-refractivity contribution in [1.82, 2.24) is 24.2 Å². The Kier molecular flexibility index (Phi) is 4.86. The molecule has 1 fully saturated rings. The van der Waals surface area contributed by atoms with Crippen LogP contribution < -0.4 is 10.5 Å². The zero-order valence-corrected chi connectivity index (χ0v) is 17.3. The molecule has 4 rings (SSSR count). The minimum atomic E-state index is -0.0524. The molecule has 3 heterocycles. The van der Waals surface area contributed by atoms with Crippen molar-refractivity contribution >= 4 is 22.8 Å². The molecule has 1 aromatic carbocycles. The summed E-state index contributed by atoms with van der Waals surface area (Å²) in [4.78, 5) is 34.1. The molecular formula is C21H26N6O2. The first-order valence-corrected chi connectivity index (χ1v) is 9.85. The number of para-hydroxylation sites is 1. The number of hydrogen-bond donors (Lipinski definition) is 0. The number of benzene rings is 1. The number of aryl methyl sites for hydroxylation is 2. The molecule has 0 saturated carbocycles. The van der Waals surface area contributed by atoms with E-state index < -0.39 is 0 Å². The van der Waals surface area contributed by atoms with Gasteiger partial charge in [0, 0.05) is 46.0 Å². The number of carbonyl (C=O) groups is 1. The van der Waals surface area contributed by atoms with E-state index >= 15 is 0 Å². The largest absolute Gasteiger partial charge is 0.342 e. The van der Waals surface area contributed by atoms with Crippen LogP contribution in [-0.4, -0.2) is 56.3 Å². The highest BCUT2D eigenvalue weighted by molar-refractivity contribution is 5.92. The number of anilines is 1. The number of aromatic nitrogens is 4. The van der Waals surface area contributed by atoms with Gasteiger partial charge in [0.1, 0.15) is 0 Å². The summed E-state index contributed by atoms with van der Waals surface area (Å²) in [5, 5.41) is 4.94. The van der Waals surface area contributed by atoms with Gasteiger partial charge in [0.15, 0.2) is 5.69 Å². The highest BCUT2D eigenvalue weighted by Crippen LogP contribution is 2.22. The van der Waals surface area contributed by atoms with Crippen LogP contribution in [0.5, 0.6) is 0 Å². The van der Waals surface area contributed by atoms with E-state index in [1.165, 1.54) is 0 Å². The maximum atomic E-state index is 12.8. The average Bonchev–Trinajstić information content (AvgIpc) is 3.08. The lowest BCUT2D eigenvalue weighted by atomic mass is 10.0. The quantitative estimate of drug-likeness (QED) is 0.676. The Balaban J connectivity index is 1.49. The lowest BCUT2D eigenvalue weighted by molar-refractivity contribution is 0.0702. The van der Waals surface area contributed by atoms with Crippen molar-refractivity contribution < 1.29 is 4.79 Å². The molecule has 0 N–H and O–H groups in total. The Labute approximate surface area is 169 Å². The van der Waals surface area contributed by atoms with Crippen molar-refractivity contribution in [3.8, 4) is 0 Å². The highest BCUT2D eigenvalue weighted by atomic mass is 16.2. The van der Waals surface area contributed by atoms with E-state index in [1.54, 1.807) is 27.3 Å². The predicted molar refractivity (Wildman–Crippen MR) is 112 cm³/mol. The molecule has 1 amide bonds. The Hall–Kier alpha value is -3.16. The van der Waals surface area contributed by atoms with Gasteiger partial charge in [-0.15, -0.1) is 0 Å². The van der Waals surface area contributed by atoms with Gasteiger partial charge in [-0.3, -0.25) is 18.8 Å². The molecule has 0 bridgehead atoms. The molecule has 29 heavy (non-hydrogen) atoms. The van der Waals surface area contributed by atoms with E-state index in [4.69, 9.17) is 4.98 Å². The maximum absolute atomic E-state index is 12.8. The number of hydrogen-bond acceptors (Lipinski definition) is 5. The Morgan fingerprint density at radius 2 is 1.86 bits per heavy atom. The van der Waals surface area contributed by atoms with Crippen LogP contribution in [-0.2, 0) is 14.1 Å². The summed E-state index contributed by atoms with van der Waals surface area (Å²) in [5.41, 5.74) is 2.12. The third kappa shape index (κ3) is 3.39. The minimum Gasteiger partial charge on any atom is -0.342 e. The second kappa shape index (κ2) is 7.35. The molecular weight excluding hydrogens is 368 g/mol.